The summed E-state index contributed by atoms with van der Waals surface area (Å²) in [6, 6.07) is 17.0. The molecule has 2 saturated heterocycles. The maximum Gasteiger partial charge on any atom is 0.323 e. The van der Waals surface area contributed by atoms with Gasteiger partial charge in [-0.1, -0.05) is 6.92 Å². The summed E-state index contributed by atoms with van der Waals surface area (Å²) in [5, 5.41) is 9.39. The largest absolute Gasteiger partial charge is 0.492 e. The average Bonchev–Trinajstić information content (AvgIpc) is 3.02. The second-order valence-corrected chi connectivity index (χ2v) is 11.7. The van der Waals surface area contributed by atoms with Gasteiger partial charge >= 0.3 is 6.03 Å². The van der Waals surface area contributed by atoms with Gasteiger partial charge in [-0.05, 0) is 88.8 Å². The Morgan fingerprint density at radius 3 is 2.34 bits per heavy atom. The summed E-state index contributed by atoms with van der Waals surface area (Å²) >= 11 is 0. The summed E-state index contributed by atoms with van der Waals surface area (Å²) in [6.45, 7) is 8.76. The Morgan fingerprint density at radius 2 is 1.68 bits per heavy atom. The molecule has 1 aromatic heterocycles. The summed E-state index contributed by atoms with van der Waals surface area (Å²) in [5.74, 6) is 3.08. The fraction of sp³-hybridized carbons (Fsp3) is 0.485. The summed E-state index contributed by atoms with van der Waals surface area (Å²) in [4.78, 5) is 26.9. The molecular weight excluding hydrogens is 558 g/mol. The Morgan fingerprint density at radius 1 is 1.00 bits per heavy atom. The van der Waals surface area contributed by atoms with E-state index >= 15 is 0 Å². The zero-order valence-electron chi connectivity index (χ0n) is 26.2. The SMILES string of the molecule is CCC1CN(c2cc(NC3CCOCC3)nc(-c3ccc(NC(=O)Nc4ccc(OCCN(C)C)cc4)cc3)n2)CC(C)O1. The van der Waals surface area contributed by atoms with Crippen molar-refractivity contribution in [2.45, 2.75) is 51.4 Å². The van der Waals surface area contributed by atoms with Gasteiger partial charge in [-0.15, -0.1) is 0 Å². The van der Waals surface area contributed by atoms with E-state index in [1.807, 2.05) is 68.7 Å². The summed E-state index contributed by atoms with van der Waals surface area (Å²) in [5.41, 5.74) is 2.21. The number of hydrogen-bond donors (Lipinski definition) is 3. The number of rotatable bonds is 11. The molecule has 11 heteroatoms. The van der Waals surface area contributed by atoms with Gasteiger partial charge in [0.15, 0.2) is 5.82 Å². The van der Waals surface area contributed by atoms with Crippen LogP contribution in [0.25, 0.3) is 11.4 Å². The van der Waals surface area contributed by atoms with Crippen LogP contribution in [0.4, 0.5) is 27.8 Å². The number of nitrogens with one attached hydrogen (secondary N) is 3. The van der Waals surface area contributed by atoms with E-state index in [2.05, 4.69) is 39.6 Å². The van der Waals surface area contributed by atoms with Crippen molar-refractivity contribution in [3.05, 3.63) is 54.6 Å². The fourth-order valence-electron chi connectivity index (χ4n) is 5.28. The second-order valence-electron chi connectivity index (χ2n) is 11.7. The first-order chi connectivity index (χ1) is 21.3. The van der Waals surface area contributed by atoms with E-state index in [0.29, 0.717) is 29.8 Å². The van der Waals surface area contributed by atoms with E-state index in [1.165, 1.54) is 0 Å². The molecule has 236 valence electrons. The number of nitrogens with zero attached hydrogens (tertiary/aromatic N) is 4. The van der Waals surface area contributed by atoms with Crippen LogP contribution in [0.2, 0.25) is 0 Å². The number of morpholine rings is 1. The van der Waals surface area contributed by atoms with Crippen LogP contribution in [0.5, 0.6) is 5.75 Å². The molecule has 2 aliphatic heterocycles. The molecule has 2 atom stereocenters. The molecule has 3 heterocycles. The predicted octanol–water partition coefficient (Wildman–Crippen LogP) is 5.32. The van der Waals surface area contributed by atoms with Gasteiger partial charge in [0, 0.05) is 61.9 Å². The zero-order chi connectivity index (χ0) is 30.9. The number of amides is 2. The van der Waals surface area contributed by atoms with E-state index in [9.17, 15) is 4.79 Å². The van der Waals surface area contributed by atoms with Gasteiger partial charge in [0.25, 0.3) is 0 Å². The normalized spacial score (nSPS) is 19.1. The Kier molecular flexibility index (Phi) is 10.9. The van der Waals surface area contributed by atoms with E-state index in [1.54, 1.807) is 0 Å². The highest BCUT2D eigenvalue weighted by Gasteiger charge is 2.26. The molecule has 11 nitrogen and oxygen atoms in total. The van der Waals surface area contributed by atoms with E-state index in [-0.39, 0.29) is 18.2 Å². The summed E-state index contributed by atoms with van der Waals surface area (Å²) in [7, 11) is 4.01. The molecule has 0 aliphatic carbocycles. The lowest BCUT2D eigenvalue weighted by Crippen LogP contribution is -2.46. The quantitative estimate of drug-likeness (QED) is 0.268. The fourth-order valence-corrected chi connectivity index (χ4v) is 5.28. The Bertz CT molecular complexity index is 1350. The Balaban J connectivity index is 1.26. The van der Waals surface area contributed by atoms with Crippen molar-refractivity contribution < 1.29 is 19.0 Å². The topological polar surface area (TPSA) is 113 Å². The molecule has 0 spiro atoms. The molecule has 2 aliphatic rings. The molecule has 0 saturated carbocycles. The molecule has 0 bridgehead atoms. The standard InChI is InChI=1S/C33H45N7O4/c1-5-28-22-40(21-23(2)44-28)31-20-30(34-27-14-17-42-18-15-27)37-32(38-31)24-6-8-25(9-7-24)35-33(41)36-26-10-12-29(13-11-26)43-19-16-39(3)4/h6-13,20,23,27-28H,5,14-19,21-22H2,1-4H3,(H,34,37,38)(H2,35,36,41). The number of urea groups is 1. The molecule has 3 N–H and O–H groups in total. The van der Waals surface area contributed by atoms with Gasteiger partial charge < -0.3 is 40.0 Å². The van der Waals surface area contributed by atoms with Crippen LogP contribution in [0, 0.1) is 0 Å². The van der Waals surface area contributed by atoms with E-state index in [4.69, 9.17) is 24.2 Å². The van der Waals surface area contributed by atoms with Crippen molar-refractivity contribution >= 4 is 29.0 Å². The number of carbonyl (C=O) groups is 1. The highest BCUT2D eigenvalue weighted by atomic mass is 16.5. The van der Waals surface area contributed by atoms with Crippen LogP contribution >= 0.6 is 0 Å². The third kappa shape index (κ3) is 9.04. The molecular formula is C33H45N7O4. The second kappa shape index (κ2) is 15.2. The van der Waals surface area contributed by atoms with Gasteiger partial charge in [0.1, 0.15) is 24.0 Å². The average molecular weight is 604 g/mol. The third-order valence-electron chi connectivity index (χ3n) is 7.71. The van der Waals surface area contributed by atoms with Gasteiger partial charge in [-0.3, -0.25) is 0 Å². The molecule has 2 aromatic carbocycles. The lowest BCUT2D eigenvalue weighted by atomic mass is 10.1. The van der Waals surface area contributed by atoms with Crippen molar-refractivity contribution in [1.82, 2.24) is 14.9 Å². The smallest absolute Gasteiger partial charge is 0.323 e. The van der Waals surface area contributed by atoms with Gasteiger partial charge in [0.05, 0.1) is 12.2 Å². The Labute approximate surface area is 260 Å². The number of carbonyl (C=O) groups excluding carboxylic acids is 1. The molecule has 5 rings (SSSR count). The number of ether oxygens (including phenoxy) is 3. The van der Waals surface area contributed by atoms with Crippen LogP contribution in [0.15, 0.2) is 54.6 Å². The summed E-state index contributed by atoms with van der Waals surface area (Å²) < 4.78 is 17.4. The van der Waals surface area contributed by atoms with Crippen LogP contribution < -0.4 is 25.6 Å². The molecule has 3 aromatic rings. The van der Waals surface area contributed by atoms with Crippen molar-refractivity contribution in [3.8, 4) is 17.1 Å². The van der Waals surface area contributed by atoms with E-state index < -0.39 is 0 Å². The molecule has 2 unspecified atom stereocenters. The van der Waals surface area contributed by atoms with Crippen LogP contribution in [-0.2, 0) is 9.47 Å². The lowest BCUT2D eigenvalue weighted by molar-refractivity contribution is -0.0174. The lowest BCUT2D eigenvalue weighted by Gasteiger charge is -2.37. The first kappa shape index (κ1) is 31.5. The Hall–Kier alpha value is -3.93. The number of aromatic nitrogens is 2. The monoisotopic (exact) mass is 603 g/mol. The molecule has 2 amide bonds. The van der Waals surface area contributed by atoms with Gasteiger partial charge in [0.2, 0.25) is 0 Å². The maximum absolute atomic E-state index is 12.7. The maximum atomic E-state index is 12.7. The van der Waals surface area contributed by atoms with Crippen LogP contribution in [0.3, 0.4) is 0 Å². The van der Waals surface area contributed by atoms with Crippen LogP contribution in [-0.4, -0.2) is 92.7 Å². The van der Waals surface area contributed by atoms with Crippen molar-refractivity contribution in [2.24, 2.45) is 0 Å². The van der Waals surface area contributed by atoms with E-state index in [0.717, 1.165) is 75.1 Å². The highest BCUT2D eigenvalue weighted by molar-refractivity contribution is 5.99. The minimum absolute atomic E-state index is 0.120. The molecule has 44 heavy (non-hydrogen) atoms. The van der Waals surface area contributed by atoms with Gasteiger partial charge in [-0.25, -0.2) is 14.8 Å². The number of anilines is 4. The molecule has 2 fully saturated rings. The minimum Gasteiger partial charge on any atom is -0.492 e. The summed E-state index contributed by atoms with van der Waals surface area (Å²) in [6.07, 6.45) is 3.12. The zero-order valence-corrected chi connectivity index (χ0v) is 26.2. The minimum atomic E-state index is -0.327. The third-order valence-corrected chi connectivity index (χ3v) is 7.71. The van der Waals surface area contributed by atoms with Gasteiger partial charge in [-0.2, -0.15) is 0 Å². The highest BCUT2D eigenvalue weighted by Crippen LogP contribution is 2.28. The van der Waals surface area contributed by atoms with Crippen molar-refractivity contribution in [1.29, 1.82) is 0 Å². The number of likely N-dealkylation sites (N-methyl/N-ethyl adjacent to an activating group) is 1. The first-order valence-corrected chi connectivity index (χ1v) is 15.5. The molecule has 0 radical (unpaired) electrons. The first-order valence-electron chi connectivity index (χ1n) is 15.5. The van der Waals surface area contributed by atoms with Crippen molar-refractivity contribution in [3.63, 3.8) is 0 Å². The number of hydrogen-bond acceptors (Lipinski definition) is 9. The van der Waals surface area contributed by atoms with Crippen LogP contribution in [0.1, 0.15) is 33.1 Å². The van der Waals surface area contributed by atoms with Crippen molar-refractivity contribution in [2.75, 3.05) is 74.4 Å². The predicted molar refractivity (Wildman–Crippen MR) is 175 cm³/mol. The number of benzene rings is 2.